The maximum Gasteiger partial charge on any atom is 0.483 e. The van der Waals surface area contributed by atoms with E-state index in [1.807, 2.05) is 60.7 Å². The van der Waals surface area contributed by atoms with E-state index in [-0.39, 0.29) is 21.2 Å². The molecule has 0 saturated carbocycles. The summed E-state index contributed by atoms with van der Waals surface area (Å²) < 4.78 is 6.32. The first kappa shape index (κ1) is 11.8. The molecule has 1 heteroatoms. The van der Waals surface area contributed by atoms with E-state index in [1.54, 1.807) is 0 Å². The van der Waals surface area contributed by atoms with Crippen molar-refractivity contribution in [2.24, 2.45) is 0 Å². The van der Waals surface area contributed by atoms with Crippen LogP contribution in [0, 0.1) is 19.7 Å². The van der Waals surface area contributed by atoms with Crippen LogP contribution in [0.25, 0.3) is 0 Å². The molecule has 0 saturated heterocycles. The van der Waals surface area contributed by atoms with Gasteiger partial charge in [-0.3, -0.25) is 0 Å². The molecule has 0 aromatic heterocycles. The third-order valence-electron chi connectivity index (χ3n) is 2.03. The van der Waals surface area contributed by atoms with Crippen LogP contribution in [-0.2, 0) is 0 Å². The first-order valence-electron chi connectivity index (χ1n) is 5.20. The van der Waals surface area contributed by atoms with Crippen LogP contribution in [0.3, 0.4) is 0 Å². The monoisotopic (exact) mass is 329 g/mol. The summed E-state index contributed by atoms with van der Waals surface area (Å²) in [7, 11) is 0. The zero-order chi connectivity index (χ0) is 11.8. The van der Waals surface area contributed by atoms with E-state index in [0.717, 1.165) is 11.1 Å². The molecule has 2 rings (SSSR count). The summed E-state index contributed by atoms with van der Waals surface area (Å²) in [4.78, 5) is 0. The lowest BCUT2D eigenvalue weighted by molar-refractivity contribution is -0.468. The summed E-state index contributed by atoms with van der Waals surface area (Å²) in [6.07, 6.45) is 0. The molecule has 0 bridgehead atoms. The zero-order valence-corrected chi connectivity index (χ0v) is 11.3. The molecule has 0 N–H and O–H groups in total. The predicted octanol–water partition coefficient (Wildman–Crippen LogP) is 0.0938. The van der Waals surface area contributed by atoms with Crippen molar-refractivity contribution < 1.29 is 21.2 Å². The van der Waals surface area contributed by atoms with E-state index in [9.17, 15) is 0 Å². The fraction of sp³-hybridized carbons (Fsp3) is 0. The van der Waals surface area contributed by atoms with Crippen LogP contribution in [0.1, 0.15) is 11.1 Å². The molecule has 0 aliphatic heterocycles. The number of benzene rings is 2. The highest BCUT2D eigenvalue weighted by Crippen LogP contribution is 1.94. The topological polar surface area (TPSA) is 0 Å². The molecule has 0 spiro atoms. The van der Waals surface area contributed by atoms with E-state index >= 15 is 0 Å². The molecule has 0 amide bonds. The van der Waals surface area contributed by atoms with Gasteiger partial charge in [0.15, 0.2) is 0 Å². The fourth-order valence-corrected chi connectivity index (χ4v) is 2.25. The quantitative estimate of drug-likeness (QED) is 0.475. The lowest BCUT2D eigenvalue weighted by Crippen LogP contribution is -3.57. The van der Waals surface area contributed by atoms with Crippen LogP contribution < -0.4 is 21.2 Å². The highest BCUT2D eigenvalue weighted by atomic mass is 127. The minimum Gasteiger partial charge on any atom is -0.0622 e. The summed E-state index contributed by atoms with van der Waals surface area (Å²) in [6, 6.07) is 20.0. The van der Waals surface area contributed by atoms with Gasteiger partial charge in [-0.25, -0.2) is 0 Å². The standard InChI is InChI=1S/C16H10I/c1-3-7-15(8-4-1)11-13-17-14-12-16-9-5-2-6-10-16/h1-10H/q+1. The van der Waals surface area contributed by atoms with Crippen LogP contribution in [-0.4, -0.2) is 0 Å². The van der Waals surface area contributed by atoms with Crippen molar-refractivity contribution in [1.82, 2.24) is 0 Å². The Hall–Kier alpha value is -1.71. The van der Waals surface area contributed by atoms with Gasteiger partial charge in [-0.05, 0) is 36.1 Å². The van der Waals surface area contributed by atoms with E-state index in [4.69, 9.17) is 0 Å². The maximum absolute atomic E-state index is 3.16. The van der Waals surface area contributed by atoms with E-state index in [2.05, 4.69) is 19.7 Å². The van der Waals surface area contributed by atoms with Crippen molar-refractivity contribution in [3.63, 3.8) is 0 Å². The molecule has 0 radical (unpaired) electrons. The second-order valence-electron chi connectivity index (χ2n) is 3.27. The van der Waals surface area contributed by atoms with Gasteiger partial charge in [0, 0.05) is 11.1 Å². The van der Waals surface area contributed by atoms with Crippen LogP contribution in [0.15, 0.2) is 60.7 Å². The summed E-state index contributed by atoms with van der Waals surface area (Å²) in [5.74, 6) is 6.25. The number of hydrogen-bond acceptors (Lipinski definition) is 0. The predicted molar refractivity (Wildman–Crippen MR) is 66.6 cm³/mol. The lowest BCUT2D eigenvalue weighted by Gasteiger charge is -1.82. The molecule has 0 unspecified atom stereocenters. The molecule has 0 aliphatic carbocycles. The number of hydrogen-bond donors (Lipinski definition) is 0. The van der Waals surface area contributed by atoms with E-state index < -0.39 is 0 Å². The SMILES string of the molecule is C(#Cc1ccccc1)[I+]C#Cc1ccccc1. The Bertz CT molecular complexity index is 522. The Kier molecular flexibility index (Phi) is 4.69. The minimum atomic E-state index is -0.349. The van der Waals surface area contributed by atoms with Crippen LogP contribution in [0.2, 0.25) is 0 Å². The normalized spacial score (nSPS) is 8.47. The van der Waals surface area contributed by atoms with Gasteiger partial charge in [0.2, 0.25) is 7.85 Å². The third kappa shape index (κ3) is 4.34. The van der Waals surface area contributed by atoms with Gasteiger partial charge in [-0.15, -0.1) is 0 Å². The van der Waals surface area contributed by atoms with Crippen molar-refractivity contribution in [3.05, 3.63) is 71.8 Å². The molecule has 2 aromatic carbocycles. The van der Waals surface area contributed by atoms with Crippen molar-refractivity contribution in [2.75, 3.05) is 0 Å². The fourth-order valence-electron chi connectivity index (χ4n) is 1.22. The Balaban J connectivity index is 1.93. The molecule has 17 heavy (non-hydrogen) atoms. The van der Waals surface area contributed by atoms with Gasteiger partial charge in [-0.2, -0.15) is 0 Å². The Morgan fingerprint density at radius 3 is 1.41 bits per heavy atom. The van der Waals surface area contributed by atoms with Crippen molar-refractivity contribution in [3.8, 4) is 19.7 Å². The van der Waals surface area contributed by atoms with Gasteiger partial charge in [-0.1, -0.05) is 36.4 Å². The largest absolute Gasteiger partial charge is 0.483 e. The molecule has 0 aliphatic rings. The van der Waals surface area contributed by atoms with Crippen molar-refractivity contribution in [1.29, 1.82) is 0 Å². The molecule has 0 heterocycles. The first-order valence-corrected chi connectivity index (χ1v) is 7.36. The van der Waals surface area contributed by atoms with Gasteiger partial charge < -0.3 is 0 Å². The van der Waals surface area contributed by atoms with Crippen molar-refractivity contribution in [2.45, 2.75) is 0 Å². The highest BCUT2D eigenvalue weighted by molar-refractivity contribution is 5.33. The van der Waals surface area contributed by atoms with Crippen LogP contribution >= 0.6 is 0 Å². The Morgan fingerprint density at radius 2 is 1.00 bits per heavy atom. The van der Waals surface area contributed by atoms with Crippen molar-refractivity contribution >= 4 is 0 Å². The Labute approximate surface area is 112 Å². The average Bonchev–Trinajstić information content (AvgIpc) is 2.41. The Morgan fingerprint density at radius 1 is 0.588 bits per heavy atom. The summed E-state index contributed by atoms with van der Waals surface area (Å²) >= 11 is -0.349. The molecule has 0 fully saturated rings. The number of halogens is 1. The molecular formula is C16H10I+. The van der Waals surface area contributed by atoms with Crippen LogP contribution in [0.4, 0.5) is 0 Å². The smallest absolute Gasteiger partial charge is 0.0622 e. The minimum absolute atomic E-state index is 0.349. The third-order valence-corrected chi connectivity index (χ3v) is 3.10. The summed E-state index contributed by atoms with van der Waals surface area (Å²) in [5, 5.41) is 0. The molecule has 0 atom stereocenters. The zero-order valence-electron chi connectivity index (χ0n) is 9.15. The second kappa shape index (κ2) is 6.78. The highest BCUT2D eigenvalue weighted by Gasteiger charge is 1.94. The maximum atomic E-state index is 3.16. The van der Waals surface area contributed by atoms with E-state index in [1.165, 1.54) is 0 Å². The second-order valence-corrected chi connectivity index (χ2v) is 4.88. The molecule has 80 valence electrons. The molecule has 0 nitrogen and oxygen atoms in total. The van der Waals surface area contributed by atoms with Gasteiger partial charge in [0.05, 0.1) is 0 Å². The number of rotatable bonds is 0. The van der Waals surface area contributed by atoms with Crippen LogP contribution in [0.5, 0.6) is 0 Å². The van der Waals surface area contributed by atoms with Gasteiger partial charge >= 0.3 is 21.2 Å². The summed E-state index contributed by atoms with van der Waals surface area (Å²) in [5.41, 5.74) is 2.13. The average molecular weight is 329 g/mol. The first-order chi connectivity index (χ1) is 8.45. The summed E-state index contributed by atoms with van der Waals surface area (Å²) in [6.45, 7) is 0. The molecular weight excluding hydrogens is 319 g/mol. The van der Waals surface area contributed by atoms with Gasteiger partial charge in [0.1, 0.15) is 0 Å². The molecule has 2 aromatic rings. The van der Waals surface area contributed by atoms with Gasteiger partial charge in [0.25, 0.3) is 0 Å². The lowest BCUT2D eigenvalue weighted by atomic mass is 10.2. The van der Waals surface area contributed by atoms with E-state index in [0.29, 0.717) is 0 Å².